The lowest BCUT2D eigenvalue weighted by Crippen LogP contribution is -2.22. The van der Waals surface area contributed by atoms with Crippen molar-refractivity contribution >= 4 is 17.7 Å². The molecule has 0 aromatic heterocycles. The summed E-state index contributed by atoms with van der Waals surface area (Å²) in [4.78, 5) is 11.5. The van der Waals surface area contributed by atoms with Gasteiger partial charge in [-0.15, -0.1) is 0 Å². The molecule has 0 saturated carbocycles. The van der Waals surface area contributed by atoms with Crippen molar-refractivity contribution in [2.24, 2.45) is 5.73 Å². The highest BCUT2D eigenvalue weighted by Gasteiger charge is 2.00. The molecule has 1 aromatic carbocycles. The number of thioether (sulfide) groups is 1. The van der Waals surface area contributed by atoms with Gasteiger partial charge in [-0.1, -0.05) is 24.0 Å². The van der Waals surface area contributed by atoms with E-state index in [2.05, 4.69) is 17.2 Å². The molecule has 0 heterocycles. The molecule has 96 valence electrons. The van der Waals surface area contributed by atoms with Crippen LogP contribution >= 0.6 is 11.8 Å². The zero-order valence-electron chi connectivity index (χ0n) is 10.5. The average molecular weight is 262 g/mol. The molecule has 4 heteroatoms. The third-order valence-corrected chi connectivity index (χ3v) is 2.90. The van der Waals surface area contributed by atoms with Crippen LogP contribution in [0.5, 0.6) is 0 Å². The fraction of sp³-hybridized carbons (Fsp3) is 0.357. The third-order valence-electron chi connectivity index (χ3n) is 2.28. The summed E-state index contributed by atoms with van der Waals surface area (Å²) >= 11 is 1.67. The largest absolute Gasteiger partial charge is 0.352 e. The number of hydrogen-bond acceptors (Lipinski definition) is 3. The normalized spacial score (nSPS) is 9.44. The van der Waals surface area contributed by atoms with Crippen molar-refractivity contribution in [3.05, 3.63) is 35.4 Å². The zero-order valence-corrected chi connectivity index (χ0v) is 11.3. The number of carbonyl (C=O) groups is 1. The van der Waals surface area contributed by atoms with E-state index in [1.165, 1.54) is 0 Å². The summed E-state index contributed by atoms with van der Waals surface area (Å²) in [5.41, 5.74) is 7.31. The van der Waals surface area contributed by atoms with Gasteiger partial charge in [-0.25, -0.2) is 0 Å². The molecule has 3 N–H and O–H groups in total. The Kier molecular flexibility index (Phi) is 7.00. The van der Waals surface area contributed by atoms with E-state index < -0.39 is 0 Å². The number of nitrogens with one attached hydrogen (secondary N) is 1. The van der Waals surface area contributed by atoms with Crippen molar-refractivity contribution in [1.82, 2.24) is 5.32 Å². The first kappa shape index (κ1) is 14.6. The summed E-state index contributed by atoms with van der Waals surface area (Å²) in [6.45, 7) is 0.904. The summed E-state index contributed by atoms with van der Waals surface area (Å²) in [6, 6.07) is 7.81. The molecule has 0 aliphatic carbocycles. The molecule has 1 amide bonds. The Morgan fingerprint density at radius 3 is 3.06 bits per heavy atom. The van der Waals surface area contributed by atoms with Gasteiger partial charge in [0.15, 0.2) is 0 Å². The van der Waals surface area contributed by atoms with Crippen molar-refractivity contribution in [1.29, 1.82) is 0 Å². The molecule has 0 saturated heterocycles. The van der Waals surface area contributed by atoms with Crippen LogP contribution in [-0.2, 0) is 11.3 Å². The lowest BCUT2D eigenvalue weighted by atomic mass is 10.1. The standard InChI is InChI=1S/C14H18N2OS/c1-18-9-7-14(17)16-11-13-5-2-4-12(10-13)6-3-8-15/h2,4-5,10H,7-9,11,15H2,1H3,(H,16,17). The fourth-order valence-corrected chi connectivity index (χ4v) is 1.79. The van der Waals surface area contributed by atoms with E-state index in [0.29, 0.717) is 19.5 Å². The Balaban J connectivity index is 2.49. The summed E-state index contributed by atoms with van der Waals surface area (Å²) in [5, 5.41) is 2.89. The highest BCUT2D eigenvalue weighted by Crippen LogP contribution is 2.04. The second kappa shape index (κ2) is 8.62. The van der Waals surface area contributed by atoms with Gasteiger partial charge in [0, 0.05) is 24.3 Å². The molecule has 1 aromatic rings. The van der Waals surface area contributed by atoms with E-state index >= 15 is 0 Å². The molecule has 3 nitrogen and oxygen atoms in total. The predicted molar refractivity (Wildman–Crippen MR) is 77.2 cm³/mol. The van der Waals surface area contributed by atoms with E-state index in [-0.39, 0.29) is 5.91 Å². The van der Waals surface area contributed by atoms with Gasteiger partial charge in [0.05, 0.1) is 6.54 Å². The van der Waals surface area contributed by atoms with Crippen LogP contribution in [0.15, 0.2) is 24.3 Å². The molecule has 0 atom stereocenters. The molecular weight excluding hydrogens is 244 g/mol. The highest BCUT2D eigenvalue weighted by atomic mass is 32.2. The zero-order chi connectivity index (χ0) is 13.2. The minimum atomic E-state index is 0.0859. The first-order valence-electron chi connectivity index (χ1n) is 5.79. The molecule has 18 heavy (non-hydrogen) atoms. The first-order valence-corrected chi connectivity index (χ1v) is 7.19. The quantitative estimate of drug-likeness (QED) is 0.788. The Morgan fingerprint density at radius 2 is 2.33 bits per heavy atom. The molecule has 0 unspecified atom stereocenters. The second-order valence-electron chi connectivity index (χ2n) is 3.73. The smallest absolute Gasteiger partial charge is 0.221 e. The lowest BCUT2D eigenvalue weighted by Gasteiger charge is -2.05. The maximum absolute atomic E-state index is 11.5. The molecule has 1 rings (SSSR count). The minimum Gasteiger partial charge on any atom is -0.352 e. The van der Waals surface area contributed by atoms with Gasteiger partial charge in [0.25, 0.3) is 0 Å². The second-order valence-corrected chi connectivity index (χ2v) is 4.71. The molecule has 0 aliphatic heterocycles. The predicted octanol–water partition coefficient (Wildman–Crippen LogP) is 1.37. The van der Waals surface area contributed by atoms with Gasteiger partial charge in [0.1, 0.15) is 0 Å². The SMILES string of the molecule is CSCCC(=O)NCc1cccc(C#CCN)c1. The van der Waals surface area contributed by atoms with Crippen LogP contribution in [0.2, 0.25) is 0 Å². The maximum Gasteiger partial charge on any atom is 0.221 e. The van der Waals surface area contributed by atoms with E-state index in [4.69, 9.17) is 5.73 Å². The van der Waals surface area contributed by atoms with Gasteiger partial charge in [-0.05, 0) is 24.0 Å². The van der Waals surface area contributed by atoms with Crippen LogP contribution in [0.3, 0.4) is 0 Å². The van der Waals surface area contributed by atoms with Gasteiger partial charge >= 0.3 is 0 Å². The Morgan fingerprint density at radius 1 is 1.50 bits per heavy atom. The lowest BCUT2D eigenvalue weighted by molar-refractivity contribution is -0.120. The highest BCUT2D eigenvalue weighted by molar-refractivity contribution is 7.98. The maximum atomic E-state index is 11.5. The van der Waals surface area contributed by atoms with Crippen LogP contribution in [0.1, 0.15) is 17.5 Å². The van der Waals surface area contributed by atoms with E-state index in [1.807, 2.05) is 30.5 Å². The molecule has 0 radical (unpaired) electrons. The summed E-state index contributed by atoms with van der Waals surface area (Å²) in [7, 11) is 0. The van der Waals surface area contributed by atoms with Gasteiger partial charge in [-0.2, -0.15) is 11.8 Å². The van der Waals surface area contributed by atoms with Gasteiger partial charge < -0.3 is 11.1 Å². The topological polar surface area (TPSA) is 55.1 Å². The summed E-state index contributed by atoms with van der Waals surface area (Å²) < 4.78 is 0. The van der Waals surface area contributed by atoms with Crippen LogP contribution in [0, 0.1) is 11.8 Å². The van der Waals surface area contributed by atoms with Gasteiger partial charge in [-0.3, -0.25) is 4.79 Å². The number of amides is 1. The van der Waals surface area contributed by atoms with Crippen molar-refractivity contribution in [3.63, 3.8) is 0 Å². The first-order chi connectivity index (χ1) is 8.76. The Labute approximate surface area is 113 Å². The van der Waals surface area contributed by atoms with E-state index in [0.717, 1.165) is 16.9 Å². The molecule has 0 spiro atoms. The van der Waals surface area contributed by atoms with Crippen molar-refractivity contribution in [2.75, 3.05) is 18.6 Å². The number of carbonyl (C=O) groups excluding carboxylic acids is 1. The van der Waals surface area contributed by atoms with Crippen LogP contribution in [0.4, 0.5) is 0 Å². The van der Waals surface area contributed by atoms with Crippen LogP contribution in [0.25, 0.3) is 0 Å². The molecule has 0 fully saturated rings. The Hall–Kier alpha value is -1.44. The van der Waals surface area contributed by atoms with E-state index in [9.17, 15) is 4.79 Å². The van der Waals surface area contributed by atoms with Crippen LogP contribution in [-0.4, -0.2) is 24.5 Å². The molecule has 0 bridgehead atoms. The minimum absolute atomic E-state index is 0.0859. The average Bonchev–Trinajstić information content (AvgIpc) is 2.41. The number of nitrogens with two attached hydrogens (primary N) is 1. The third kappa shape index (κ3) is 5.76. The van der Waals surface area contributed by atoms with E-state index in [1.54, 1.807) is 11.8 Å². The fourth-order valence-electron chi connectivity index (χ4n) is 1.40. The number of benzene rings is 1. The molecular formula is C14H18N2OS. The van der Waals surface area contributed by atoms with Gasteiger partial charge in [0.2, 0.25) is 5.91 Å². The van der Waals surface area contributed by atoms with Crippen LogP contribution < -0.4 is 11.1 Å². The van der Waals surface area contributed by atoms with Crippen molar-refractivity contribution in [3.8, 4) is 11.8 Å². The molecule has 0 aliphatic rings. The number of hydrogen-bond donors (Lipinski definition) is 2. The summed E-state index contributed by atoms with van der Waals surface area (Å²) in [5.74, 6) is 6.73. The summed E-state index contributed by atoms with van der Waals surface area (Å²) in [6.07, 6.45) is 2.56. The monoisotopic (exact) mass is 262 g/mol. The van der Waals surface area contributed by atoms with Crippen molar-refractivity contribution in [2.45, 2.75) is 13.0 Å². The number of rotatable bonds is 5. The Bertz CT molecular complexity index is 449. The van der Waals surface area contributed by atoms with Crippen molar-refractivity contribution < 1.29 is 4.79 Å².